The molecule has 0 heterocycles. The number of carbonyl (C=O) groups is 1. The summed E-state index contributed by atoms with van der Waals surface area (Å²) in [5.74, 6) is 1.48. The Morgan fingerprint density at radius 1 is 1.05 bits per heavy atom. The van der Waals surface area contributed by atoms with Crippen molar-refractivity contribution in [3.8, 4) is 0 Å². The molecule has 0 aromatic carbocycles. The molecule has 2 nitrogen and oxygen atoms in total. The van der Waals surface area contributed by atoms with Gasteiger partial charge in [-0.3, -0.25) is 4.79 Å². The topological polar surface area (TPSA) is 26.3 Å². The van der Waals surface area contributed by atoms with Crippen LogP contribution in [0.1, 0.15) is 73.1 Å². The largest absolute Gasteiger partial charge is 0.384 e. The molecule has 0 spiro atoms. The van der Waals surface area contributed by atoms with E-state index in [0.29, 0.717) is 24.2 Å². The van der Waals surface area contributed by atoms with Crippen molar-refractivity contribution >= 4 is 5.78 Å². The summed E-state index contributed by atoms with van der Waals surface area (Å²) in [6, 6.07) is 0. The Morgan fingerprint density at radius 2 is 1.58 bits per heavy atom. The Balaban J connectivity index is 4.89. The Labute approximate surface area is 120 Å². The van der Waals surface area contributed by atoms with Gasteiger partial charge in [0, 0.05) is 13.5 Å². The van der Waals surface area contributed by atoms with Crippen molar-refractivity contribution in [3.05, 3.63) is 0 Å². The number of Topliss-reactive ketones (excluding diaryl/α,β-unsaturated/α-hetero) is 1. The number of hydrogen-bond acceptors (Lipinski definition) is 2. The average Bonchev–Trinajstić information content (AvgIpc) is 2.27. The van der Waals surface area contributed by atoms with E-state index in [9.17, 15) is 4.79 Å². The van der Waals surface area contributed by atoms with Crippen molar-refractivity contribution < 1.29 is 9.53 Å². The van der Waals surface area contributed by atoms with Gasteiger partial charge in [0.15, 0.2) is 0 Å². The number of unbranched alkanes of at least 4 members (excludes halogenated alkanes) is 2. The van der Waals surface area contributed by atoms with E-state index >= 15 is 0 Å². The highest BCUT2D eigenvalue weighted by Gasteiger charge is 2.38. The van der Waals surface area contributed by atoms with E-state index in [0.717, 1.165) is 32.1 Å². The van der Waals surface area contributed by atoms with Gasteiger partial charge >= 0.3 is 0 Å². The zero-order valence-electron chi connectivity index (χ0n) is 13.9. The van der Waals surface area contributed by atoms with Gasteiger partial charge in [0.1, 0.15) is 5.78 Å². The van der Waals surface area contributed by atoms with Crippen LogP contribution in [0.25, 0.3) is 0 Å². The molecule has 0 fully saturated rings. The van der Waals surface area contributed by atoms with Gasteiger partial charge in [0.2, 0.25) is 0 Å². The quantitative estimate of drug-likeness (QED) is 0.501. The highest BCUT2D eigenvalue weighted by molar-refractivity contribution is 5.85. The van der Waals surface area contributed by atoms with E-state index in [1.165, 1.54) is 6.42 Å². The van der Waals surface area contributed by atoms with Gasteiger partial charge in [0.05, 0.1) is 12.0 Å². The summed E-state index contributed by atoms with van der Waals surface area (Å²) in [6.45, 7) is 11.5. The molecule has 0 radical (unpaired) electrons. The first-order chi connectivity index (χ1) is 8.88. The van der Waals surface area contributed by atoms with E-state index in [1.54, 1.807) is 7.11 Å². The third kappa shape index (κ3) is 7.10. The van der Waals surface area contributed by atoms with Crippen molar-refractivity contribution in [2.24, 2.45) is 17.3 Å². The second-order valence-electron chi connectivity index (χ2n) is 6.79. The molecule has 0 amide bonds. The van der Waals surface area contributed by atoms with Gasteiger partial charge in [-0.2, -0.15) is 0 Å². The van der Waals surface area contributed by atoms with Crippen LogP contribution in [0.3, 0.4) is 0 Å². The highest BCUT2D eigenvalue weighted by atomic mass is 16.5. The maximum Gasteiger partial charge on any atom is 0.141 e. The van der Waals surface area contributed by atoms with Gasteiger partial charge in [-0.25, -0.2) is 0 Å². The van der Waals surface area contributed by atoms with Crippen LogP contribution in [-0.2, 0) is 9.53 Å². The molecular weight excluding hydrogens is 236 g/mol. The fraction of sp³-hybridized carbons (Fsp3) is 0.941. The Morgan fingerprint density at radius 3 is 1.95 bits per heavy atom. The van der Waals surface area contributed by atoms with Gasteiger partial charge < -0.3 is 4.74 Å². The fourth-order valence-corrected chi connectivity index (χ4v) is 3.15. The molecule has 0 aliphatic carbocycles. The highest BCUT2D eigenvalue weighted by Crippen LogP contribution is 2.36. The normalized spacial score (nSPS) is 12.4. The van der Waals surface area contributed by atoms with Crippen LogP contribution >= 0.6 is 0 Å². The zero-order chi connectivity index (χ0) is 14.9. The van der Waals surface area contributed by atoms with Crippen LogP contribution < -0.4 is 0 Å². The predicted molar refractivity (Wildman–Crippen MR) is 82.4 cm³/mol. The number of methoxy groups -OCH3 is 1. The molecule has 0 bridgehead atoms. The molecular formula is C17H34O2. The molecule has 0 unspecified atom stereocenters. The van der Waals surface area contributed by atoms with Gasteiger partial charge in [-0.1, -0.05) is 47.5 Å². The fourth-order valence-electron chi connectivity index (χ4n) is 3.15. The number of ether oxygens (including phenoxy) is 1. The third-order valence-corrected chi connectivity index (χ3v) is 3.62. The Kier molecular flexibility index (Phi) is 9.34. The van der Waals surface area contributed by atoms with E-state index < -0.39 is 0 Å². The van der Waals surface area contributed by atoms with Gasteiger partial charge in [-0.05, 0) is 31.1 Å². The minimum Gasteiger partial charge on any atom is -0.384 e. The van der Waals surface area contributed by atoms with Crippen LogP contribution in [0.2, 0.25) is 0 Å². The number of rotatable bonds is 11. The van der Waals surface area contributed by atoms with Crippen molar-refractivity contribution in [2.75, 3.05) is 13.7 Å². The number of hydrogen-bond donors (Lipinski definition) is 0. The summed E-state index contributed by atoms with van der Waals surface area (Å²) in [5.41, 5.74) is -0.259. The maximum absolute atomic E-state index is 12.7. The average molecular weight is 270 g/mol. The summed E-state index contributed by atoms with van der Waals surface area (Å²) >= 11 is 0. The lowest BCUT2D eigenvalue weighted by molar-refractivity contribution is -0.134. The van der Waals surface area contributed by atoms with Crippen molar-refractivity contribution in [3.63, 3.8) is 0 Å². The molecule has 0 aliphatic heterocycles. The monoisotopic (exact) mass is 270 g/mol. The summed E-state index contributed by atoms with van der Waals surface area (Å²) in [4.78, 5) is 12.7. The van der Waals surface area contributed by atoms with Crippen LogP contribution in [0.15, 0.2) is 0 Å². The van der Waals surface area contributed by atoms with Crippen LogP contribution in [0, 0.1) is 17.3 Å². The first-order valence-electron chi connectivity index (χ1n) is 7.90. The number of ketones is 1. The summed E-state index contributed by atoms with van der Waals surface area (Å²) in [5, 5.41) is 0. The molecule has 0 aromatic rings. The SMILES string of the molecule is CCCCCC(=O)C(COC)(CC(C)C)CC(C)C. The molecule has 19 heavy (non-hydrogen) atoms. The molecule has 114 valence electrons. The summed E-state index contributed by atoms with van der Waals surface area (Å²) < 4.78 is 5.42. The molecule has 0 aliphatic rings. The van der Waals surface area contributed by atoms with Crippen molar-refractivity contribution in [2.45, 2.75) is 73.1 Å². The predicted octanol–water partition coefficient (Wildman–Crippen LogP) is 4.86. The van der Waals surface area contributed by atoms with Crippen molar-refractivity contribution in [1.82, 2.24) is 0 Å². The van der Waals surface area contributed by atoms with E-state index in [1.807, 2.05) is 0 Å². The summed E-state index contributed by atoms with van der Waals surface area (Å²) in [6.07, 6.45) is 5.96. The van der Waals surface area contributed by atoms with E-state index in [-0.39, 0.29) is 5.41 Å². The molecule has 0 N–H and O–H groups in total. The lowest BCUT2D eigenvalue weighted by atomic mass is 9.70. The Hall–Kier alpha value is -0.370. The minimum absolute atomic E-state index is 0.259. The van der Waals surface area contributed by atoms with Gasteiger partial charge in [0.25, 0.3) is 0 Å². The van der Waals surface area contributed by atoms with Crippen molar-refractivity contribution in [1.29, 1.82) is 0 Å². The van der Waals surface area contributed by atoms with E-state index in [4.69, 9.17) is 4.74 Å². The second kappa shape index (κ2) is 9.52. The molecule has 0 atom stereocenters. The van der Waals surface area contributed by atoms with Crippen LogP contribution in [0.5, 0.6) is 0 Å². The first-order valence-corrected chi connectivity index (χ1v) is 7.90. The van der Waals surface area contributed by atoms with Gasteiger partial charge in [-0.15, -0.1) is 0 Å². The molecule has 0 saturated heterocycles. The zero-order valence-corrected chi connectivity index (χ0v) is 13.9. The van der Waals surface area contributed by atoms with Crippen LogP contribution in [0.4, 0.5) is 0 Å². The molecule has 2 heteroatoms. The standard InChI is InChI=1S/C17H34O2/c1-7-8-9-10-16(18)17(13-19-6,11-14(2)3)12-15(4)5/h14-15H,7-13H2,1-6H3. The first kappa shape index (κ1) is 18.6. The molecule has 0 saturated carbocycles. The smallest absolute Gasteiger partial charge is 0.141 e. The van der Waals surface area contributed by atoms with Crippen LogP contribution in [-0.4, -0.2) is 19.5 Å². The summed E-state index contributed by atoms with van der Waals surface area (Å²) in [7, 11) is 1.72. The lowest BCUT2D eigenvalue weighted by Crippen LogP contribution is -2.38. The number of carbonyl (C=O) groups excluding carboxylic acids is 1. The molecule has 0 aromatic heterocycles. The Bertz CT molecular complexity index is 234. The van der Waals surface area contributed by atoms with E-state index in [2.05, 4.69) is 34.6 Å². The third-order valence-electron chi connectivity index (χ3n) is 3.62. The molecule has 0 rings (SSSR count). The second-order valence-corrected chi connectivity index (χ2v) is 6.79. The lowest BCUT2D eigenvalue weighted by Gasteiger charge is -2.35. The minimum atomic E-state index is -0.259. The maximum atomic E-state index is 12.7.